The van der Waals surface area contributed by atoms with Crippen molar-refractivity contribution in [3.63, 3.8) is 0 Å². The number of alkyl halides is 3. The number of nitrogens with zero attached hydrogens (tertiary/aromatic N) is 4. The molecule has 1 saturated heterocycles. The van der Waals surface area contributed by atoms with Gasteiger partial charge in [-0.25, -0.2) is 0 Å². The number of hydrogen-bond acceptors (Lipinski definition) is 6. The van der Waals surface area contributed by atoms with Gasteiger partial charge < -0.3 is 14.2 Å². The van der Waals surface area contributed by atoms with Gasteiger partial charge >= 0.3 is 6.18 Å². The Labute approximate surface area is 166 Å². The van der Waals surface area contributed by atoms with Crippen LogP contribution in [-0.4, -0.2) is 72.1 Å². The summed E-state index contributed by atoms with van der Waals surface area (Å²) in [6.07, 6.45) is -3.67. The van der Waals surface area contributed by atoms with Crippen LogP contribution in [-0.2, 0) is 11.3 Å². The van der Waals surface area contributed by atoms with Crippen molar-refractivity contribution in [1.29, 1.82) is 0 Å². The Morgan fingerprint density at radius 3 is 2.43 bits per heavy atom. The summed E-state index contributed by atoms with van der Waals surface area (Å²) in [6.45, 7) is 3.60. The minimum Gasteiger partial charge on any atom is -0.372 e. The standard InChI is InChI=1S/C18H22ClF3N4O2/c19-15-4-2-14(3-5-15)17-23-16(28-24-17)12-26-9-7-25(8-10-26)6-1-11-27-13-18(20,21)22/h2-5H,1,6-13H2. The molecule has 28 heavy (non-hydrogen) atoms. The first-order valence-corrected chi connectivity index (χ1v) is 9.44. The second-order valence-electron chi connectivity index (χ2n) is 6.66. The molecule has 0 unspecified atom stereocenters. The number of hydrogen-bond donors (Lipinski definition) is 0. The SMILES string of the molecule is FC(F)(F)COCCCN1CCN(Cc2nc(-c3ccc(Cl)cc3)no2)CC1. The highest BCUT2D eigenvalue weighted by molar-refractivity contribution is 6.30. The minimum atomic E-state index is -4.26. The van der Waals surface area contributed by atoms with Gasteiger partial charge in [-0.15, -0.1) is 0 Å². The first-order chi connectivity index (χ1) is 13.4. The van der Waals surface area contributed by atoms with E-state index in [4.69, 9.17) is 16.1 Å². The van der Waals surface area contributed by atoms with Crippen LogP contribution in [0.4, 0.5) is 13.2 Å². The zero-order valence-electron chi connectivity index (χ0n) is 15.3. The molecule has 2 aromatic rings. The number of aromatic nitrogens is 2. The summed E-state index contributed by atoms with van der Waals surface area (Å²) in [5.41, 5.74) is 0.844. The predicted molar refractivity (Wildman–Crippen MR) is 98.0 cm³/mol. The van der Waals surface area contributed by atoms with Crippen LogP contribution in [0.1, 0.15) is 12.3 Å². The summed E-state index contributed by atoms with van der Waals surface area (Å²) in [5.74, 6) is 1.09. The molecule has 3 rings (SSSR count). The lowest BCUT2D eigenvalue weighted by Gasteiger charge is -2.33. The van der Waals surface area contributed by atoms with Crippen molar-refractivity contribution in [2.24, 2.45) is 0 Å². The van der Waals surface area contributed by atoms with Crippen molar-refractivity contribution in [1.82, 2.24) is 19.9 Å². The van der Waals surface area contributed by atoms with Crippen LogP contribution in [0.2, 0.25) is 5.02 Å². The lowest BCUT2D eigenvalue weighted by molar-refractivity contribution is -0.174. The largest absolute Gasteiger partial charge is 0.411 e. The highest BCUT2D eigenvalue weighted by atomic mass is 35.5. The molecule has 0 N–H and O–H groups in total. The van der Waals surface area contributed by atoms with Crippen molar-refractivity contribution in [2.45, 2.75) is 19.1 Å². The minimum absolute atomic E-state index is 0.120. The van der Waals surface area contributed by atoms with Crippen LogP contribution >= 0.6 is 11.6 Å². The van der Waals surface area contributed by atoms with E-state index in [0.717, 1.165) is 38.3 Å². The maximum absolute atomic E-state index is 12.0. The van der Waals surface area contributed by atoms with Gasteiger partial charge in [-0.05, 0) is 30.7 Å². The van der Waals surface area contributed by atoms with Crippen LogP contribution in [0.15, 0.2) is 28.8 Å². The second-order valence-corrected chi connectivity index (χ2v) is 7.09. The molecule has 2 heterocycles. The Bertz CT molecular complexity index is 731. The van der Waals surface area contributed by atoms with Gasteiger partial charge in [-0.3, -0.25) is 4.90 Å². The van der Waals surface area contributed by atoms with Crippen molar-refractivity contribution >= 4 is 11.6 Å². The third-order valence-corrected chi connectivity index (χ3v) is 4.68. The van der Waals surface area contributed by atoms with E-state index in [9.17, 15) is 13.2 Å². The molecule has 1 aliphatic heterocycles. The average molecular weight is 419 g/mol. The van der Waals surface area contributed by atoms with E-state index in [-0.39, 0.29) is 6.61 Å². The van der Waals surface area contributed by atoms with Gasteiger partial charge in [0.1, 0.15) is 6.61 Å². The summed E-state index contributed by atoms with van der Waals surface area (Å²) < 4.78 is 46.0. The maximum Gasteiger partial charge on any atom is 0.411 e. The molecular formula is C18H22ClF3N4O2. The molecule has 154 valence electrons. The van der Waals surface area contributed by atoms with Gasteiger partial charge in [0.15, 0.2) is 0 Å². The average Bonchev–Trinajstić information content (AvgIpc) is 3.11. The monoisotopic (exact) mass is 418 g/mol. The fourth-order valence-corrected chi connectivity index (χ4v) is 3.10. The highest BCUT2D eigenvalue weighted by Crippen LogP contribution is 2.19. The number of ether oxygens (including phenoxy) is 1. The summed E-state index contributed by atoms with van der Waals surface area (Å²) in [7, 11) is 0. The molecule has 1 aromatic heterocycles. The predicted octanol–water partition coefficient (Wildman–Crippen LogP) is 3.48. The first-order valence-electron chi connectivity index (χ1n) is 9.07. The van der Waals surface area contributed by atoms with Crippen LogP contribution < -0.4 is 0 Å². The summed E-state index contributed by atoms with van der Waals surface area (Å²) in [4.78, 5) is 8.87. The van der Waals surface area contributed by atoms with E-state index in [0.29, 0.717) is 29.7 Å². The van der Waals surface area contributed by atoms with Crippen LogP contribution in [0.25, 0.3) is 11.4 Å². The van der Waals surface area contributed by atoms with Gasteiger partial charge in [-0.2, -0.15) is 18.2 Å². The van der Waals surface area contributed by atoms with E-state index in [1.165, 1.54) is 0 Å². The highest BCUT2D eigenvalue weighted by Gasteiger charge is 2.27. The third kappa shape index (κ3) is 6.73. The van der Waals surface area contributed by atoms with Gasteiger partial charge in [0, 0.05) is 49.9 Å². The molecule has 0 atom stereocenters. The molecule has 0 aliphatic carbocycles. The molecule has 0 spiro atoms. The fourth-order valence-electron chi connectivity index (χ4n) is 2.98. The first kappa shape index (κ1) is 21.0. The molecule has 6 nitrogen and oxygen atoms in total. The molecule has 1 aliphatic rings. The summed E-state index contributed by atoms with van der Waals surface area (Å²) in [6, 6.07) is 7.24. The Morgan fingerprint density at radius 1 is 1.07 bits per heavy atom. The second kappa shape index (κ2) is 9.69. The molecule has 0 saturated carbocycles. The zero-order chi connectivity index (χ0) is 20.0. The van der Waals surface area contributed by atoms with Crippen molar-refractivity contribution in [2.75, 3.05) is 45.9 Å². The van der Waals surface area contributed by atoms with Crippen LogP contribution in [0, 0.1) is 0 Å². The normalized spacial score (nSPS) is 16.6. The van der Waals surface area contributed by atoms with E-state index in [1.54, 1.807) is 12.1 Å². The number of piperazine rings is 1. The van der Waals surface area contributed by atoms with Gasteiger partial charge in [0.25, 0.3) is 0 Å². The van der Waals surface area contributed by atoms with Crippen molar-refractivity contribution < 1.29 is 22.4 Å². The van der Waals surface area contributed by atoms with Crippen LogP contribution in [0.3, 0.4) is 0 Å². The Hall–Kier alpha value is -1.68. The van der Waals surface area contributed by atoms with E-state index >= 15 is 0 Å². The lowest BCUT2D eigenvalue weighted by atomic mass is 10.2. The van der Waals surface area contributed by atoms with E-state index in [1.807, 2.05) is 12.1 Å². The fraction of sp³-hybridized carbons (Fsp3) is 0.556. The van der Waals surface area contributed by atoms with E-state index in [2.05, 4.69) is 24.7 Å². The number of halogens is 4. The summed E-state index contributed by atoms with van der Waals surface area (Å²) >= 11 is 5.88. The van der Waals surface area contributed by atoms with Crippen molar-refractivity contribution in [3.8, 4) is 11.4 Å². The molecule has 0 bridgehead atoms. The molecule has 0 radical (unpaired) electrons. The Morgan fingerprint density at radius 2 is 1.75 bits per heavy atom. The van der Waals surface area contributed by atoms with Gasteiger partial charge in [-0.1, -0.05) is 16.8 Å². The Balaban J connectivity index is 1.36. The van der Waals surface area contributed by atoms with Crippen LogP contribution in [0.5, 0.6) is 0 Å². The zero-order valence-corrected chi connectivity index (χ0v) is 16.0. The van der Waals surface area contributed by atoms with Crippen molar-refractivity contribution in [3.05, 3.63) is 35.2 Å². The van der Waals surface area contributed by atoms with Gasteiger partial charge in [0.2, 0.25) is 11.7 Å². The smallest absolute Gasteiger partial charge is 0.372 e. The third-order valence-electron chi connectivity index (χ3n) is 4.42. The number of benzene rings is 1. The number of rotatable bonds is 8. The lowest BCUT2D eigenvalue weighted by Crippen LogP contribution is -2.46. The summed E-state index contributed by atoms with van der Waals surface area (Å²) in [5, 5.41) is 4.66. The quantitative estimate of drug-likeness (QED) is 0.612. The molecule has 10 heteroatoms. The van der Waals surface area contributed by atoms with E-state index < -0.39 is 12.8 Å². The molecule has 0 amide bonds. The Kier molecular flexibility index (Phi) is 7.28. The van der Waals surface area contributed by atoms with Gasteiger partial charge in [0.05, 0.1) is 6.54 Å². The topological polar surface area (TPSA) is 54.6 Å². The molecular weight excluding hydrogens is 397 g/mol. The molecule has 1 aromatic carbocycles. The molecule has 1 fully saturated rings. The maximum atomic E-state index is 12.0.